The number of carbonyl (C=O) groups is 1. The minimum atomic E-state index is -0.393. The third-order valence-electron chi connectivity index (χ3n) is 3.65. The summed E-state index contributed by atoms with van der Waals surface area (Å²) in [5.41, 5.74) is 3.68. The van der Waals surface area contributed by atoms with Crippen molar-refractivity contribution >= 4 is 22.7 Å². The number of hydrogen-bond acceptors (Lipinski definition) is 4. The molecule has 0 fully saturated rings. The van der Waals surface area contributed by atoms with Crippen LogP contribution in [0.5, 0.6) is 0 Å². The minimum Gasteiger partial charge on any atom is -0.464 e. The Kier molecular flexibility index (Phi) is 2.75. The highest BCUT2D eigenvalue weighted by Gasteiger charge is 2.18. The highest BCUT2D eigenvalue weighted by atomic mass is 16.5. The van der Waals surface area contributed by atoms with Crippen LogP contribution in [-0.2, 0) is 11.3 Å². The topological polar surface area (TPSA) is 61.7 Å². The van der Waals surface area contributed by atoms with E-state index in [0.717, 1.165) is 16.9 Å². The number of furan rings is 1. The molecule has 6 heteroatoms. The summed E-state index contributed by atoms with van der Waals surface area (Å²) in [6.45, 7) is 0.467. The number of hydrogen-bond donors (Lipinski definition) is 0. The number of rotatable bonds is 3. The van der Waals surface area contributed by atoms with Crippen LogP contribution in [0.25, 0.3) is 16.7 Å². The van der Waals surface area contributed by atoms with E-state index in [2.05, 4.69) is 4.98 Å². The summed E-state index contributed by atoms with van der Waals surface area (Å²) in [7, 11) is 1.37. The van der Waals surface area contributed by atoms with Crippen molar-refractivity contribution in [1.82, 2.24) is 14.0 Å². The monoisotopic (exact) mass is 295 g/mol. The van der Waals surface area contributed by atoms with Crippen LogP contribution in [0.2, 0.25) is 0 Å². The Morgan fingerprint density at radius 2 is 2.27 bits per heavy atom. The molecule has 4 heterocycles. The summed E-state index contributed by atoms with van der Waals surface area (Å²) >= 11 is 0. The number of fused-ring (bicyclic) bond motifs is 2. The van der Waals surface area contributed by atoms with E-state index in [4.69, 9.17) is 9.15 Å². The van der Waals surface area contributed by atoms with Gasteiger partial charge in [-0.05, 0) is 12.1 Å². The maximum atomic E-state index is 12.0. The molecule has 4 rings (SSSR count). The Morgan fingerprint density at radius 1 is 1.36 bits per heavy atom. The second-order valence-electron chi connectivity index (χ2n) is 4.98. The molecule has 6 nitrogen and oxygen atoms in total. The van der Waals surface area contributed by atoms with Gasteiger partial charge in [0.05, 0.1) is 31.1 Å². The van der Waals surface area contributed by atoms with E-state index in [1.807, 2.05) is 45.6 Å². The summed E-state index contributed by atoms with van der Waals surface area (Å²) in [6.07, 6.45) is 5.49. The molecule has 0 aliphatic carbocycles. The second kappa shape index (κ2) is 4.77. The third kappa shape index (κ3) is 1.88. The molecule has 0 aromatic carbocycles. The fraction of sp³-hybridized carbons (Fsp3) is 0.125. The average Bonchev–Trinajstić information content (AvgIpc) is 3.21. The molecule has 0 unspecified atom stereocenters. The number of nitrogens with zero attached hydrogens (tertiary/aromatic N) is 3. The van der Waals surface area contributed by atoms with Gasteiger partial charge in [-0.15, -0.1) is 0 Å². The summed E-state index contributed by atoms with van der Waals surface area (Å²) in [5.74, 6) is -0.393. The molecule has 0 radical (unpaired) electrons. The van der Waals surface area contributed by atoms with Crippen LogP contribution in [0.15, 0.2) is 53.4 Å². The average molecular weight is 295 g/mol. The van der Waals surface area contributed by atoms with Gasteiger partial charge in [-0.3, -0.25) is 0 Å². The standard InChI is InChI=1S/C16H13N3O3/c1-21-16(20)13-8-14-12(5-7-22-14)19(13)10-11-9-18-6-3-2-4-15(18)17-11/h2-9H,10H2,1H3. The summed E-state index contributed by atoms with van der Waals surface area (Å²) in [6, 6.07) is 9.35. The molecule has 110 valence electrons. The van der Waals surface area contributed by atoms with Gasteiger partial charge in [0, 0.05) is 24.5 Å². The molecule has 0 atom stereocenters. The van der Waals surface area contributed by atoms with Gasteiger partial charge in [-0.2, -0.15) is 0 Å². The normalized spacial score (nSPS) is 11.3. The van der Waals surface area contributed by atoms with E-state index in [9.17, 15) is 4.79 Å². The summed E-state index contributed by atoms with van der Waals surface area (Å²) < 4.78 is 14.0. The number of carbonyl (C=O) groups excluding carboxylic acids is 1. The number of methoxy groups -OCH3 is 1. The van der Waals surface area contributed by atoms with Crippen molar-refractivity contribution in [2.24, 2.45) is 0 Å². The molecule has 0 N–H and O–H groups in total. The van der Waals surface area contributed by atoms with E-state index in [0.29, 0.717) is 17.8 Å². The fourth-order valence-electron chi connectivity index (χ4n) is 2.65. The van der Waals surface area contributed by atoms with Crippen LogP contribution >= 0.6 is 0 Å². The molecule has 0 saturated heterocycles. The van der Waals surface area contributed by atoms with Gasteiger partial charge in [-0.1, -0.05) is 6.07 Å². The lowest BCUT2D eigenvalue weighted by Crippen LogP contribution is -2.11. The Balaban J connectivity index is 1.82. The minimum absolute atomic E-state index is 0.393. The van der Waals surface area contributed by atoms with Crippen molar-refractivity contribution in [1.29, 1.82) is 0 Å². The summed E-state index contributed by atoms with van der Waals surface area (Å²) in [4.78, 5) is 16.5. The molecule has 22 heavy (non-hydrogen) atoms. The van der Waals surface area contributed by atoms with Crippen molar-refractivity contribution in [3.8, 4) is 0 Å². The van der Waals surface area contributed by atoms with Crippen molar-refractivity contribution in [2.45, 2.75) is 6.54 Å². The zero-order chi connectivity index (χ0) is 15.1. The maximum Gasteiger partial charge on any atom is 0.354 e. The fourth-order valence-corrected chi connectivity index (χ4v) is 2.65. The molecule has 0 amide bonds. The van der Waals surface area contributed by atoms with E-state index in [1.54, 1.807) is 12.3 Å². The van der Waals surface area contributed by atoms with E-state index >= 15 is 0 Å². The van der Waals surface area contributed by atoms with E-state index in [1.165, 1.54) is 7.11 Å². The van der Waals surface area contributed by atoms with Gasteiger partial charge in [0.15, 0.2) is 5.58 Å². The first-order valence-electron chi connectivity index (χ1n) is 6.84. The number of ether oxygens (including phenoxy) is 1. The van der Waals surface area contributed by atoms with E-state index in [-0.39, 0.29) is 0 Å². The highest BCUT2D eigenvalue weighted by Crippen LogP contribution is 2.23. The van der Waals surface area contributed by atoms with Crippen LogP contribution < -0.4 is 0 Å². The van der Waals surface area contributed by atoms with Gasteiger partial charge in [0.25, 0.3) is 0 Å². The summed E-state index contributed by atoms with van der Waals surface area (Å²) in [5, 5.41) is 0. The quantitative estimate of drug-likeness (QED) is 0.545. The number of aromatic nitrogens is 3. The van der Waals surface area contributed by atoms with E-state index < -0.39 is 5.97 Å². The van der Waals surface area contributed by atoms with Crippen molar-refractivity contribution in [3.05, 3.63) is 60.4 Å². The van der Waals surface area contributed by atoms with Crippen LogP contribution in [0.1, 0.15) is 16.2 Å². The van der Waals surface area contributed by atoms with Gasteiger partial charge in [0.1, 0.15) is 11.3 Å². The Morgan fingerprint density at radius 3 is 3.09 bits per heavy atom. The molecule has 0 aliphatic heterocycles. The van der Waals surface area contributed by atoms with Gasteiger partial charge >= 0.3 is 5.97 Å². The zero-order valence-electron chi connectivity index (χ0n) is 11.9. The zero-order valence-corrected chi connectivity index (χ0v) is 11.9. The Bertz CT molecular complexity index is 944. The first kappa shape index (κ1) is 12.7. The highest BCUT2D eigenvalue weighted by molar-refractivity contribution is 5.94. The first-order valence-corrected chi connectivity index (χ1v) is 6.84. The number of imidazole rings is 1. The molecule has 4 aromatic heterocycles. The van der Waals surface area contributed by atoms with Gasteiger partial charge in [0.2, 0.25) is 0 Å². The third-order valence-corrected chi connectivity index (χ3v) is 3.65. The van der Waals surface area contributed by atoms with Crippen molar-refractivity contribution < 1.29 is 13.9 Å². The SMILES string of the molecule is COC(=O)c1cc2occc2n1Cc1cn2ccccc2n1. The van der Waals surface area contributed by atoms with Gasteiger partial charge in [-0.25, -0.2) is 9.78 Å². The lowest BCUT2D eigenvalue weighted by Gasteiger charge is -2.06. The Hall–Kier alpha value is -3.02. The number of esters is 1. The lowest BCUT2D eigenvalue weighted by atomic mass is 10.4. The van der Waals surface area contributed by atoms with Crippen LogP contribution in [0.4, 0.5) is 0 Å². The molecular weight excluding hydrogens is 282 g/mol. The molecule has 0 bridgehead atoms. The Labute approximate surface area is 125 Å². The first-order chi connectivity index (χ1) is 10.8. The lowest BCUT2D eigenvalue weighted by molar-refractivity contribution is 0.0589. The van der Waals surface area contributed by atoms with Crippen molar-refractivity contribution in [3.63, 3.8) is 0 Å². The molecule has 0 aliphatic rings. The second-order valence-corrected chi connectivity index (χ2v) is 4.98. The van der Waals surface area contributed by atoms with Crippen LogP contribution in [-0.4, -0.2) is 27.0 Å². The van der Waals surface area contributed by atoms with Crippen LogP contribution in [0.3, 0.4) is 0 Å². The smallest absolute Gasteiger partial charge is 0.354 e. The number of pyridine rings is 1. The molecule has 4 aromatic rings. The molecular formula is C16H13N3O3. The maximum absolute atomic E-state index is 12.0. The van der Waals surface area contributed by atoms with Crippen LogP contribution in [0, 0.1) is 0 Å². The van der Waals surface area contributed by atoms with Crippen molar-refractivity contribution in [2.75, 3.05) is 7.11 Å². The molecule has 0 saturated carbocycles. The van der Waals surface area contributed by atoms with Gasteiger partial charge < -0.3 is 18.1 Å². The molecule has 0 spiro atoms. The largest absolute Gasteiger partial charge is 0.464 e. The predicted octanol–water partition coefficient (Wildman–Crippen LogP) is 2.72. The predicted molar refractivity (Wildman–Crippen MR) is 79.8 cm³/mol.